The predicted molar refractivity (Wildman–Crippen MR) is 100 cm³/mol. The summed E-state index contributed by atoms with van der Waals surface area (Å²) in [4.78, 5) is 22.1. The fraction of sp³-hybridized carbons (Fsp3) is 0.0588. The van der Waals surface area contributed by atoms with Crippen LogP contribution in [0, 0.1) is 0 Å². The summed E-state index contributed by atoms with van der Waals surface area (Å²) < 4.78 is 27.3. The van der Waals surface area contributed by atoms with Gasteiger partial charge in [-0.3, -0.25) is 14.3 Å². The van der Waals surface area contributed by atoms with Crippen LogP contribution in [0.5, 0.6) is 0 Å². The lowest BCUT2D eigenvalue weighted by atomic mass is 10.1. The summed E-state index contributed by atoms with van der Waals surface area (Å²) in [5.41, 5.74) is 0.269. The van der Waals surface area contributed by atoms with Crippen LogP contribution in [0.1, 0.15) is 12.5 Å². The van der Waals surface area contributed by atoms with E-state index in [0.717, 1.165) is 13.0 Å². The summed E-state index contributed by atoms with van der Waals surface area (Å²) >= 11 is 11.8. The molecule has 0 aliphatic carbocycles. The molecule has 2 aromatic rings. The molecule has 0 radical (unpaired) electrons. The Bertz CT molecular complexity index is 1020. The van der Waals surface area contributed by atoms with E-state index in [9.17, 15) is 23.1 Å². The van der Waals surface area contributed by atoms with Crippen molar-refractivity contribution in [1.82, 2.24) is 0 Å². The van der Waals surface area contributed by atoms with Crippen LogP contribution in [0.25, 0.3) is 5.76 Å². The lowest BCUT2D eigenvalue weighted by Gasteiger charge is -2.11. The highest BCUT2D eigenvalue weighted by molar-refractivity contribution is 7.92. The summed E-state index contributed by atoms with van der Waals surface area (Å²) in [5.74, 6) is -2.07. The van der Waals surface area contributed by atoms with Crippen LogP contribution < -0.4 is 4.72 Å². The highest BCUT2D eigenvalue weighted by Crippen LogP contribution is 2.30. The molecule has 26 heavy (non-hydrogen) atoms. The molecular formula is C17H13Cl2NO5S. The molecule has 136 valence electrons. The number of ketones is 2. The molecule has 0 bridgehead atoms. The zero-order chi connectivity index (χ0) is 19.5. The first kappa shape index (κ1) is 20.0. The first-order valence-electron chi connectivity index (χ1n) is 7.14. The third kappa shape index (κ3) is 4.63. The molecule has 0 atom stereocenters. The standard InChI is InChI=1S/C17H13Cl2NO5S/c1-10(21)14(22)9-15(23)11-4-2-5-12(8-11)20-26(24,25)16-7-3-6-13(18)17(16)19/h2-9,20,23H,1H3. The van der Waals surface area contributed by atoms with Crippen LogP contribution in [0.2, 0.25) is 10.0 Å². The number of hydrogen-bond acceptors (Lipinski definition) is 5. The molecule has 0 fully saturated rings. The van der Waals surface area contributed by atoms with E-state index >= 15 is 0 Å². The second-order valence-electron chi connectivity index (χ2n) is 5.19. The monoisotopic (exact) mass is 413 g/mol. The highest BCUT2D eigenvalue weighted by Gasteiger charge is 2.20. The lowest BCUT2D eigenvalue weighted by molar-refractivity contribution is -0.132. The van der Waals surface area contributed by atoms with Crippen molar-refractivity contribution in [3.05, 3.63) is 64.1 Å². The highest BCUT2D eigenvalue weighted by atomic mass is 35.5. The molecule has 6 nitrogen and oxygen atoms in total. The molecule has 0 unspecified atom stereocenters. The van der Waals surface area contributed by atoms with Gasteiger partial charge in [-0.15, -0.1) is 0 Å². The summed E-state index contributed by atoms with van der Waals surface area (Å²) in [7, 11) is -4.03. The van der Waals surface area contributed by atoms with Crippen LogP contribution >= 0.6 is 23.2 Å². The number of nitrogens with one attached hydrogen (secondary N) is 1. The maximum absolute atomic E-state index is 12.5. The number of Topliss-reactive ketones (excluding diaryl/α,β-unsaturated/α-hetero) is 1. The number of carbonyl (C=O) groups is 2. The van der Waals surface area contributed by atoms with Crippen LogP contribution in [0.15, 0.2) is 53.4 Å². The number of allylic oxidation sites excluding steroid dienone is 1. The van der Waals surface area contributed by atoms with Crippen LogP contribution in [0.4, 0.5) is 5.69 Å². The number of aliphatic hydroxyl groups is 1. The van der Waals surface area contributed by atoms with E-state index in [4.69, 9.17) is 23.2 Å². The topological polar surface area (TPSA) is 101 Å². The molecule has 2 aromatic carbocycles. The van der Waals surface area contributed by atoms with Gasteiger partial charge in [-0.1, -0.05) is 41.4 Å². The number of sulfonamides is 1. The van der Waals surface area contributed by atoms with E-state index in [1.54, 1.807) is 0 Å². The fourth-order valence-corrected chi connectivity index (χ4v) is 3.76. The van der Waals surface area contributed by atoms with E-state index in [1.807, 2.05) is 0 Å². The third-order valence-corrected chi connectivity index (χ3v) is 5.59. The maximum Gasteiger partial charge on any atom is 0.263 e. The second-order valence-corrected chi connectivity index (χ2v) is 7.62. The molecule has 0 aliphatic rings. The van der Waals surface area contributed by atoms with Gasteiger partial charge in [0.25, 0.3) is 10.0 Å². The van der Waals surface area contributed by atoms with Crippen molar-refractivity contribution in [3.63, 3.8) is 0 Å². The minimum absolute atomic E-state index is 0.0895. The molecule has 2 N–H and O–H groups in total. The molecule has 0 aromatic heterocycles. The molecule has 0 heterocycles. The van der Waals surface area contributed by atoms with E-state index in [-0.39, 0.29) is 26.2 Å². The first-order valence-corrected chi connectivity index (χ1v) is 9.38. The Kier molecular flexibility index (Phi) is 6.07. The van der Waals surface area contributed by atoms with Gasteiger partial charge < -0.3 is 5.11 Å². The smallest absolute Gasteiger partial charge is 0.263 e. The first-order chi connectivity index (χ1) is 12.1. The zero-order valence-corrected chi connectivity index (χ0v) is 15.7. The number of carbonyl (C=O) groups excluding carboxylic acids is 2. The van der Waals surface area contributed by atoms with E-state index in [2.05, 4.69) is 4.72 Å². The number of hydrogen-bond donors (Lipinski definition) is 2. The summed E-state index contributed by atoms with van der Waals surface area (Å²) in [6.45, 7) is 1.07. The number of aliphatic hydroxyl groups excluding tert-OH is 1. The number of anilines is 1. The van der Waals surface area contributed by atoms with Crippen molar-refractivity contribution in [2.75, 3.05) is 4.72 Å². The Labute approximate surface area is 160 Å². The van der Waals surface area contributed by atoms with Crippen LogP contribution in [0.3, 0.4) is 0 Å². The van der Waals surface area contributed by atoms with Crippen molar-refractivity contribution < 1.29 is 23.1 Å². The van der Waals surface area contributed by atoms with Gasteiger partial charge in [-0.2, -0.15) is 0 Å². The van der Waals surface area contributed by atoms with Crippen molar-refractivity contribution in [2.24, 2.45) is 0 Å². The van der Waals surface area contributed by atoms with Crippen molar-refractivity contribution in [2.45, 2.75) is 11.8 Å². The summed E-state index contributed by atoms with van der Waals surface area (Å²) in [6.07, 6.45) is 0.768. The van der Waals surface area contributed by atoms with Gasteiger partial charge in [0, 0.05) is 24.3 Å². The summed E-state index contributed by atoms with van der Waals surface area (Å²) in [6, 6.07) is 9.86. The largest absolute Gasteiger partial charge is 0.507 e. The number of benzene rings is 2. The number of rotatable bonds is 6. The lowest BCUT2D eigenvalue weighted by Crippen LogP contribution is -2.13. The van der Waals surface area contributed by atoms with Gasteiger partial charge in [-0.05, 0) is 24.3 Å². The van der Waals surface area contributed by atoms with Crippen molar-refractivity contribution in [1.29, 1.82) is 0 Å². The third-order valence-electron chi connectivity index (χ3n) is 3.23. The minimum Gasteiger partial charge on any atom is -0.507 e. The molecule has 0 saturated carbocycles. The quantitative estimate of drug-likeness (QED) is 0.425. The van der Waals surface area contributed by atoms with E-state index in [0.29, 0.717) is 0 Å². The molecule has 9 heteroatoms. The molecular weight excluding hydrogens is 401 g/mol. The minimum atomic E-state index is -4.03. The Hall–Kier alpha value is -2.35. The average molecular weight is 414 g/mol. The van der Waals surface area contributed by atoms with Crippen molar-refractivity contribution in [3.8, 4) is 0 Å². The summed E-state index contributed by atoms with van der Waals surface area (Å²) in [5, 5.41) is 9.90. The van der Waals surface area contributed by atoms with Gasteiger partial charge in [0.1, 0.15) is 10.7 Å². The van der Waals surface area contributed by atoms with Crippen LogP contribution in [-0.2, 0) is 19.6 Å². The fourth-order valence-electron chi connectivity index (χ4n) is 1.95. The van der Waals surface area contributed by atoms with E-state index in [1.165, 1.54) is 42.5 Å². The Morgan fingerprint density at radius 1 is 1.12 bits per heavy atom. The molecule has 0 spiro atoms. The molecule has 0 aliphatic heterocycles. The Morgan fingerprint density at radius 2 is 1.77 bits per heavy atom. The number of halogens is 2. The van der Waals surface area contributed by atoms with E-state index < -0.39 is 27.3 Å². The van der Waals surface area contributed by atoms with Crippen LogP contribution in [-0.4, -0.2) is 25.1 Å². The second kappa shape index (κ2) is 7.90. The normalized spacial score (nSPS) is 11.9. The average Bonchev–Trinajstić information content (AvgIpc) is 2.56. The van der Waals surface area contributed by atoms with Gasteiger partial charge in [0.05, 0.1) is 10.0 Å². The Morgan fingerprint density at radius 3 is 2.42 bits per heavy atom. The zero-order valence-electron chi connectivity index (χ0n) is 13.4. The molecule has 2 rings (SSSR count). The SMILES string of the molecule is CC(=O)C(=O)C=C(O)c1cccc(NS(=O)(=O)c2cccc(Cl)c2Cl)c1. The predicted octanol–water partition coefficient (Wildman–Crippen LogP) is 3.85. The molecule has 0 amide bonds. The van der Waals surface area contributed by atoms with Crippen molar-refractivity contribution >= 4 is 56.2 Å². The van der Waals surface area contributed by atoms with Gasteiger partial charge >= 0.3 is 0 Å². The Balaban J connectivity index is 2.35. The van der Waals surface area contributed by atoms with Gasteiger partial charge in [-0.25, -0.2) is 8.42 Å². The maximum atomic E-state index is 12.5. The molecule has 0 saturated heterocycles. The van der Waals surface area contributed by atoms with Gasteiger partial charge in [0.15, 0.2) is 5.78 Å². The van der Waals surface area contributed by atoms with Gasteiger partial charge in [0.2, 0.25) is 5.78 Å².